The number of nitrogens with one attached hydrogen (secondary N) is 2. The first kappa shape index (κ1) is 17.8. The van der Waals surface area contributed by atoms with Crippen LogP contribution in [-0.2, 0) is 11.2 Å². The zero-order chi connectivity index (χ0) is 15.7. The third-order valence-electron chi connectivity index (χ3n) is 4.58. The number of nitrogens with zero attached hydrogens (tertiary/aromatic N) is 1. The molecule has 0 bridgehead atoms. The number of hydrogen-bond donors (Lipinski definition) is 2. The first-order valence-corrected chi connectivity index (χ1v) is 8.00. The summed E-state index contributed by atoms with van der Waals surface area (Å²) >= 11 is 0. The van der Waals surface area contributed by atoms with Crippen molar-refractivity contribution in [2.24, 2.45) is 0 Å². The van der Waals surface area contributed by atoms with E-state index >= 15 is 0 Å². The summed E-state index contributed by atoms with van der Waals surface area (Å²) in [4.78, 5) is 25.8. The lowest BCUT2D eigenvalue weighted by atomic mass is 10.00. The third-order valence-corrected chi connectivity index (χ3v) is 4.58. The molecule has 0 aromatic heterocycles. The summed E-state index contributed by atoms with van der Waals surface area (Å²) in [6, 6.07) is 6.33. The van der Waals surface area contributed by atoms with Crippen molar-refractivity contribution < 1.29 is 9.59 Å². The standard InChI is InChI=1S/C17H23N3O2.ClH/c1-11-9-15(5-7-18-11)19-17(22)14-3-4-16-13(10-14)6-8-20(16)12(2)21;/h3-4,10-11,15,18H,5-9H2,1-2H3,(H,19,22);1H. The van der Waals surface area contributed by atoms with Crippen LogP contribution >= 0.6 is 12.4 Å². The number of fused-ring (bicyclic) bond motifs is 1. The lowest BCUT2D eigenvalue weighted by Gasteiger charge is -2.28. The number of rotatable bonds is 2. The van der Waals surface area contributed by atoms with E-state index < -0.39 is 0 Å². The average molecular weight is 338 g/mol. The van der Waals surface area contributed by atoms with E-state index in [-0.39, 0.29) is 30.3 Å². The average Bonchev–Trinajstić information content (AvgIpc) is 2.90. The number of piperidine rings is 1. The molecule has 2 amide bonds. The largest absolute Gasteiger partial charge is 0.349 e. The molecule has 3 rings (SSSR count). The van der Waals surface area contributed by atoms with Gasteiger partial charge in [0.05, 0.1) is 0 Å². The Hall–Kier alpha value is -1.59. The van der Waals surface area contributed by atoms with Crippen molar-refractivity contribution in [3.8, 4) is 0 Å². The summed E-state index contributed by atoms with van der Waals surface area (Å²) in [7, 11) is 0. The van der Waals surface area contributed by atoms with Gasteiger partial charge < -0.3 is 15.5 Å². The Morgan fingerprint density at radius 3 is 2.83 bits per heavy atom. The maximum absolute atomic E-state index is 12.4. The van der Waals surface area contributed by atoms with Crippen molar-refractivity contribution in [3.05, 3.63) is 29.3 Å². The van der Waals surface area contributed by atoms with Gasteiger partial charge in [-0.15, -0.1) is 12.4 Å². The van der Waals surface area contributed by atoms with Gasteiger partial charge in [-0.2, -0.15) is 0 Å². The minimum absolute atomic E-state index is 0. The molecule has 1 fully saturated rings. The predicted molar refractivity (Wildman–Crippen MR) is 93.4 cm³/mol. The van der Waals surface area contributed by atoms with Gasteiger partial charge in [0.2, 0.25) is 5.91 Å². The van der Waals surface area contributed by atoms with Crippen LogP contribution in [0.25, 0.3) is 0 Å². The highest BCUT2D eigenvalue weighted by Gasteiger charge is 2.24. The summed E-state index contributed by atoms with van der Waals surface area (Å²) in [6.07, 6.45) is 2.76. The van der Waals surface area contributed by atoms with Gasteiger partial charge in [0.25, 0.3) is 5.91 Å². The second-order valence-electron chi connectivity index (χ2n) is 6.31. The van der Waals surface area contributed by atoms with Crippen molar-refractivity contribution in [1.82, 2.24) is 10.6 Å². The zero-order valence-electron chi connectivity index (χ0n) is 13.6. The maximum Gasteiger partial charge on any atom is 0.251 e. The van der Waals surface area contributed by atoms with Gasteiger partial charge >= 0.3 is 0 Å². The Bertz CT molecular complexity index is 606. The maximum atomic E-state index is 12.4. The number of anilines is 1. The first-order chi connectivity index (χ1) is 10.5. The molecule has 1 aromatic carbocycles. The molecular weight excluding hydrogens is 314 g/mol. The topological polar surface area (TPSA) is 61.4 Å². The third kappa shape index (κ3) is 3.85. The van der Waals surface area contributed by atoms with Crippen LogP contribution < -0.4 is 15.5 Å². The Labute approximate surface area is 143 Å². The fraction of sp³-hybridized carbons (Fsp3) is 0.529. The van der Waals surface area contributed by atoms with Gasteiger partial charge in [-0.3, -0.25) is 9.59 Å². The normalized spacial score (nSPS) is 23.0. The van der Waals surface area contributed by atoms with Crippen molar-refractivity contribution in [2.75, 3.05) is 18.0 Å². The Kier molecular flexibility index (Phi) is 5.65. The molecule has 2 heterocycles. The van der Waals surface area contributed by atoms with Gasteiger partial charge in [-0.1, -0.05) is 0 Å². The van der Waals surface area contributed by atoms with E-state index in [0.29, 0.717) is 18.2 Å². The molecule has 1 saturated heterocycles. The fourth-order valence-corrected chi connectivity index (χ4v) is 3.40. The molecule has 126 valence electrons. The molecule has 2 aliphatic rings. The Balaban J connectivity index is 0.00000192. The number of halogens is 1. The summed E-state index contributed by atoms with van der Waals surface area (Å²) < 4.78 is 0. The SMILES string of the molecule is CC(=O)N1CCc2cc(C(=O)NC3CCNC(C)C3)ccc21.Cl. The van der Waals surface area contributed by atoms with Crippen LogP contribution in [0.5, 0.6) is 0 Å². The fourth-order valence-electron chi connectivity index (χ4n) is 3.40. The highest BCUT2D eigenvalue weighted by Crippen LogP contribution is 2.29. The second-order valence-corrected chi connectivity index (χ2v) is 6.31. The van der Waals surface area contributed by atoms with E-state index in [9.17, 15) is 9.59 Å². The van der Waals surface area contributed by atoms with Gasteiger partial charge in [0.15, 0.2) is 0 Å². The van der Waals surface area contributed by atoms with Crippen molar-refractivity contribution in [2.45, 2.75) is 45.2 Å². The Morgan fingerprint density at radius 2 is 2.13 bits per heavy atom. The number of carbonyl (C=O) groups excluding carboxylic acids is 2. The molecule has 6 heteroatoms. The molecule has 23 heavy (non-hydrogen) atoms. The highest BCUT2D eigenvalue weighted by atomic mass is 35.5. The van der Waals surface area contributed by atoms with E-state index in [1.54, 1.807) is 11.8 Å². The quantitative estimate of drug-likeness (QED) is 0.866. The van der Waals surface area contributed by atoms with Gasteiger partial charge in [-0.25, -0.2) is 0 Å². The summed E-state index contributed by atoms with van der Waals surface area (Å²) in [5.74, 6) is 0.0443. The monoisotopic (exact) mass is 337 g/mol. The molecule has 2 unspecified atom stereocenters. The van der Waals surface area contributed by atoms with E-state index in [2.05, 4.69) is 17.6 Å². The summed E-state index contributed by atoms with van der Waals surface area (Å²) in [6.45, 7) is 5.38. The Morgan fingerprint density at radius 1 is 1.35 bits per heavy atom. The lowest BCUT2D eigenvalue weighted by Crippen LogP contribution is -2.46. The molecule has 1 aromatic rings. The van der Waals surface area contributed by atoms with Crippen LogP contribution in [0.4, 0.5) is 5.69 Å². The van der Waals surface area contributed by atoms with E-state index in [0.717, 1.165) is 37.1 Å². The number of benzene rings is 1. The van der Waals surface area contributed by atoms with Crippen LogP contribution in [0, 0.1) is 0 Å². The van der Waals surface area contributed by atoms with Crippen LogP contribution in [0.1, 0.15) is 42.6 Å². The lowest BCUT2D eigenvalue weighted by molar-refractivity contribution is -0.116. The van der Waals surface area contributed by atoms with Crippen LogP contribution in [0.3, 0.4) is 0 Å². The molecule has 2 atom stereocenters. The van der Waals surface area contributed by atoms with Crippen LogP contribution in [-0.4, -0.2) is 37.0 Å². The number of hydrogen-bond acceptors (Lipinski definition) is 3. The minimum Gasteiger partial charge on any atom is -0.349 e. The highest BCUT2D eigenvalue weighted by molar-refractivity contribution is 5.98. The van der Waals surface area contributed by atoms with E-state index in [1.807, 2.05) is 18.2 Å². The van der Waals surface area contributed by atoms with Crippen LogP contribution in [0.2, 0.25) is 0 Å². The molecule has 2 N–H and O–H groups in total. The van der Waals surface area contributed by atoms with E-state index in [4.69, 9.17) is 0 Å². The second kappa shape index (κ2) is 7.32. The summed E-state index contributed by atoms with van der Waals surface area (Å²) in [5, 5.41) is 6.52. The molecule has 5 nitrogen and oxygen atoms in total. The smallest absolute Gasteiger partial charge is 0.251 e. The zero-order valence-corrected chi connectivity index (χ0v) is 14.4. The number of carbonyl (C=O) groups is 2. The molecular formula is C17H24ClN3O2. The molecule has 0 aliphatic carbocycles. The molecule has 0 spiro atoms. The minimum atomic E-state index is -0.0109. The van der Waals surface area contributed by atoms with Crippen LogP contribution in [0.15, 0.2) is 18.2 Å². The predicted octanol–water partition coefficient (Wildman–Crippen LogP) is 1.89. The molecule has 2 aliphatic heterocycles. The molecule has 0 radical (unpaired) electrons. The summed E-state index contributed by atoms with van der Waals surface area (Å²) in [5.41, 5.74) is 2.72. The number of amides is 2. The van der Waals surface area contributed by atoms with E-state index in [1.165, 1.54) is 0 Å². The van der Waals surface area contributed by atoms with Gasteiger partial charge in [0, 0.05) is 36.8 Å². The van der Waals surface area contributed by atoms with Crippen molar-refractivity contribution in [1.29, 1.82) is 0 Å². The molecule has 0 saturated carbocycles. The first-order valence-electron chi connectivity index (χ1n) is 8.00. The van der Waals surface area contributed by atoms with Crippen molar-refractivity contribution >= 4 is 29.9 Å². The van der Waals surface area contributed by atoms with Gasteiger partial charge in [-0.05, 0) is 56.5 Å². The van der Waals surface area contributed by atoms with Gasteiger partial charge in [0.1, 0.15) is 0 Å². The van der Waals surface area contributed by atoms with Crippen molar-refractivity contribution in [3.63, 3.8) is 0 Å².